The first-order valence-corrected chi connectivity index (χ1v) is 8.47. The van der Waals surface area contributed by atoms with Gasteiger partial charge in [-0.3, -0.25) is 0 Å². The molecule has 5 heteroatoms. The zero-order valence-corrected chi connectivity index (χ0v) is 12.9. The second-order valence-corrected chi connectivity index (χ2v) is 5.85. The summed E-state index contributed by atoms with van der Waals surface area (Å²) in [5.74, 6) is 0.693. The van der Waals surface area contributed by atoms with Crippen LogP contribution in [0.25, 0.3) is 10.9 Å². The van der Waals surface area contributed by atoms with Crippen molar-refractivity contribution < 1.29 is 9.90 Å². The van der Waals surface area contributed by atoms with Crippen LogP contribution in [0.1, 0.15) is 29.6 Å². The van der Waals surface area contributed by atoms with Gasteiger partial charge in [0.15, 0.2) is 0 Å². The van der Waals surface area contributed by atoms with Crippen molar-refractivity contribution in [2.24, 2.45) is 0 Å². The summed E-state index contributed by atoms with van der Waals surface area (Å²) in [5.41, 5.74) is 1.05. The van der Waals surface area contributed by atoms with Gasteiger partial charge < -0.3 is 10.4 Å². The summed E-state index contributed by atoms with van der Waals surface area (Å²) in [5, 5.41) is 13.3. The second-order valence-electron chi connectivity index (χ2n) is 4.86. The van der Waals surface area contributed by atoms with E-state index in [-0.39, 0.29) is 5.56 Å². The number of nitrogens with one attached hydrogen (secondary N) is 1. The Morgan fingerprint density at radius 2 is 2.10 bits per heavy atom. The third kappa shape index (κ3) is 4.36. The molecule has 0 saturated carbocycles. The maximum absolute atomic E-state index is 11.4. The molecule has 0 aliphatic carbocycles. The van der Waals surface area contributed by atoms with Crippen LogP contribution in [0.4, 0.5) is 5.82 Å². The molecule has 0 spiro atoms. The van der Waals surface area contributed by atoms with Crippen molar-refractivity contribution in [3.8, 4) is 0 Å². The highest BCUT2D eigenvalue weighted by atomic mass is 32.2. The number of anilines is 1. The molecule has 0 atom stereocenters. The number of nitrogens with zero attached hydrogens (tertiary/aromatic N) is 1. The number of carboxylic acid groups (broad SMARTS) is 1. The molecular weight excluding hydrogens is 284 g/mol. The van der Waals surface area contributed by atoms with Gasteiger partial charge in [-0.2, -0.15) is 11.8 Å². The smallest absolute Gasteiger partial charge is 0.339 e. The molecule has 0 radical (unpaired) electrons. The Morgan fingerprint density at radius 3 is 2.86 bits per heavy atom. The van der Waals surface area contributed by atoms with Crippen LogP contribution in [0.15, 0.2) is 30.3 Å². The molecule has 0 unspecified atom stereocenters. The number of unbranched alkanes of at least 4 members (excludes halogenated alkanes) is 2. The Bertz CT molecular complexity index is 616. The first-order valence-electron chi connectivity index (χ1n) is 7.08. The van der Waals surface area contributed by atoms with Gasteiger partial charge >= 0.3 is 5.97 Å². The minimum Gasteiger partial charge on any atom is -0.478 e. The summed E-state index contributed by atoms with van der Waals surface area (Å²) in [6.07, 6.45) is 5.47. The van der Waals surface area contributed by atoms with Crippen LogP contribution in [-0.2, 0) is 0 Å². The lowest BCUT2D eigenvalue weighted by Gasteiger charge is -2.10. The van der Waals surface area contributed by atoms with E-state index in [9.17, 15) is 9.90 Å². The van der Waals surface area contributed by atoms with Gasteiger partial charge in [-0.05, 0) is 37.0 Å². The van der Waals surface area contributed by atoms with Crippen LogP contribution < -0.4 is 5.32 Å². The minimum atomic E-state index is -0.946. The summed E-state index contributed by atoms with van der Waals surface area (Å²) >= 11 is 1.85. The number of thioether (sulfide) groups is 1. The van der Waals surface area contributed by atoms with E-state index >= 15 is 0 Å². The molecule has 2 rings (SSSR count). The lowest BCUT2D eigenvalue weighted by Crippen LogP contribution is -2.10. The normalized spacial score (nSPS) is 10.7. The van der Waals surface area contributed by atoms with Crippen LogP contribution in [-0.4, -0.2) is 34.6 Å². The zero-order chi connectivity index (χ0) is 15.1. The second kappa shape index (κ2) is 7.88. The molecule has 0 aliphatic rings. The third-order valence-corrected chi connectivity index (χ3v) is 3.97. The quantitative estimate of drug-likeness (QED) is 0.725. The summed E-state index contributed by atoms with van der Waals surface area (Å²) in [4.78, 5) is 15.8. The van der Waals surface area contributed by atoms with Crippen molar-refractivity contribution in [3.63, 3.8) is 0 Å². The van der Waals surface area contributed by atoms with Crippen molar-refractivity contribution in [1.82, 2.24) is 4.98 Å². The van der Waals surface area contributed by atoms with Crippen LogP contribution in [0.3, 0.4) is 0 Å². The topological polar surface area (TPSA) is 62.2 Å². The molecule has 21 heavy (non-hydrogen) atoms. The van der Waals surface area contributed by atoms with Gasteiger partial charge in [-0.25, -0.2) is 9.78 Å². The molecule has 112 valence electrons. The molecule has 2 N–H and O–H groups in total. The highest BCUT2D eigenvalue weighted by Gasteiger charge is 2.12. The number of fused-ring (bicyclic) bond motifs is 1. The van der Waals surface area contributed by atoms with E-state index in [4.69, 9.17) is 0 Å². The van der Waals surface area contributed by atoms with Gasteiger partial charge in [-0.1, -0.05) is 24.6 Å². The number of benzene rings is 1. The van der Waals surface area contributed by atoms with E-state index in [2.05, 4.69) is 16.6 Å². The molecule has 1 aromatic carbocycles. The number of aromatic carboxylic acids is 1. The summed E-state index contributed by atoms with van der Waals surface area (Å²) in [7, 11) is 0. The lowest BCUT2D eigenvalue weighted by atomic mass is 10.1. The number of rotatable bonds is 8. The molecule has 2 aromatic rings. The summed E-state index contributed by atoms with van der Waals surface area (Å²) in [6.45, 7) is 0.750. The molecule has 0 amide bonds. The van der Waals surface area contributed by atoms with E-state index in [1.807, 2.05) is 36.0 Å². The highest BCUT2D eigenvalue weighted by molar-refractivity contribution is 7.98. The molecular formula is C16H20N2O2S. The maximum atomic E-state index is 11.4. The Labute approximate surface area is 129 Å². The van der Waals surface area contributed by atoms with Gasteiger partial charge in [0.2, 0.25) is 0 Å². The zero-order valence-electron chi connectivity index (χ0n) is 12.1. The number of aromatic nitrogens is 1. The lowest BCUT2D eigenvalue weighted by molar-refractivity contribution is 0.0698. The highest BCUT2D eigenvalue weighted by Crippen LogP contribution is 2.20. The molecule has 4 nitrogen and oxygen atoms in total. The fourth-order valence-electron chi connectivity index (χ4n) is 2.17. The number of hydrogen-bond acceptors (Lipinski definition) is 4. The largest absolute Gasteiger partial charge is 0.478 e. The summed E-state index contributed by atoms with van der Waals surface area (Å²) < 4.78 is 0. The van der Waals surface area contributed by atoms with E-state index in [0.29, 0.717) is 5.82 Å². The van der Waals surface area contributed by atoms with Gasteiger partial charge in [0.1, 0.15) is 11.4 Å². The Kier molecular flexibility index (Phi) is 5.87. The van der Waals surface area contributed by atoms with E-state index in [1.165, 1.54) is 12.2 Å². The van der Waals surface area contributed by atoms with Gasteiger partial charge in [-0.15, -0.1) is 0 Å². The predicted octanol–water partition coefficient (Wildman–Crippen LogP) is 3.88. The van der Waals surface area contributed by atoms with Crippen molar-refractivity contribution in [3.05, 3.63) is 35.9 Å². The Balaban J connectivity index is 2.06. The number of pyridine rings is 1. The van der Waals surface area contributed by atoms with Crippen molar-refractivity contribution in [2.75, 3.05) is 23.9 Å². The third-order valence-electron chi connectivity index (χ3n) is 3.27. The van der Waals surface area contributed by atoms with E-state index in [0.717, 1.165) is 30.3 Å². The predicted molar refractivity (Wildman–Crippen MR) is 89.4 cm³/mol. The summed E-state index contributed by atoms with van der Waals surface area (Å²) in [6, 6.07) is 9.24. The first kappa shape index (κ1) is 15.6. The number of carboxylic acids is 1. The van der Waals surface area contributed by atoms with Gasteiger partial charge in [0.05, 0.1) is 5.52 Å². The number of para-hydroxylation sites is 1. The molecule has 0 fully saturated rings. The molecule has 0 saturated heterocycles. The molecule has 1 heterocycles. The van der Waals surface area contributed by atoms with Crippen molar-refractivity contribution in [2.45, 2.75) is 19.3 Å². The fraction of sp³-hybridized carbons (Fsp3) is 0.375. The van der Waals surface area contributed by atoms with Crippen LogP contribution in [0, 0.1) is 0 Å². The van der Waals surface area contributed by atoms with Gasteiger partial charge in [0.25, 0.3) is 0 Å². The molecule has 0 aliphatic heterocycles. The van der Waals surface area contributed by atoms with Crippen molar-refractivity contribution >= 4 is 34.5 Å². The number of carbonyl (C=O) groups is 1. The Hall–Kier alpha value is -1.75. The van der Waals surface area contributed by atoms with E-state index in [1.54, 1.807) is 6.07 Å². The average Bonchev–Trinajstić information content (AvgIpc) is 2.49. The minimum absolute atomic E-state index is 0.234. The SMILES string of the molecule is CSCCCCCNc1nc2ccccc2cc1C(=O)O. The first-order chi connectivity index (χ1) is 10.2. The standard InChI is InChI=1S/C16H20N2O2S/c1-21-10-6-2-5-9-17-15-13(16(19)20)11-12-7-3-4-8-14(12)18-15/h3-4,7-8,11H,2,5-6,9-10H2,1H3,(H,17,18)(H,19,20). The number of hydrogen-bond donors (Lipinski definition) is 2. The maximum Gasteiger partial charge on any atom is 0.339 e. The van der Waals surface area contributed by atoms with Gasteiger partial charge in [0, 0.05) is 11.9 Å². The fourth-order valence-corrected chi connectivity index (χ4v) is 2.66. The van der Waals surface area contributed by atoms with Crippen molar-refractivity contribution in [1.29, 1.82) is 0 Å². The monoisotopic (exact) mass is 304 g/mol. The van der Waals surface area contributed by atoms with Crippen LogP contribution in [0.5, 0.6) is 0 Å². The van der Waals surface area contributed by atoms with Crippen LogP contribution in [0.2, 0.25) is 0 Å². The van der Waals surface area contributed by atoms with Crippen LogP contribution >= 0.6 is 11.8 Å². The van der Waals surface area contributed by atoms with E-state index < -0.39 is 5.97 Å². The molecule has 0 bridgehead atoms. The Morgan fingerprint density at radius 1 is 1.29 bits per heavy atom. The average molecular weight is 304 g/mol. The molecule has 1 aromatic heterocycles.